The highest BCUT2D eigenvalue weighted by Gasteiger charge is 2.19. The highest BCUT2D eigenvalue weighted by Crippen LogP contribution is 2.13. The summed E-state index contributed by atoms with van der Waals surface area (Å²) < 4.78 is 0. The standard InChI is InChI=1S/C8H12N4.C3H4O2/c1-7(2,5-9)11-12-8(3,4)6-10;1-2-3(4)5/h1-4H3;2H,1H2,(H,4,5). The molecule has 0 aliphatic rings. The molecule has 0 spiro atoms. The lowest BCUT2D eigenvalue weighted by Crippen LogP contribution is -2.17. The van der Waals surface area contributed by atoms with Crippen molar-refractivity contribution in [1.29, 1.82) is 10.5 Å². The van der Waals surface area contributed by atoms with Gasteiger partial charge in [-0.25, -0.2) is 4.79 Å². The number of aliphatic carboxylic acids is 1. The first kappa shape index (κ1) is 17.2. The largest absolute Gasteiger partial charge is 0.478 e. The maximum atomic E-state index is 9.25. The first-order chi connectivity index (χ1) is 7.60. The molecule has 0 aromatic rings. The molecule has 0 aliphatic heterocycles. The molecule has 0 unspecified atom stereocenters. The van der Waals surface area contributed by atoms with Crippen LogP contribution in [0.1, 0.15) is 27.7 Å². The van der Waals surface area contributed by atoms with Crippen molar-refractivity contribution in [1.82, 2.24) is 0 Å². The second-order valence-corrected chi connectivity index (χ2v) is 4.08. The van der Waals surface area contributed by atoms with Gasteiger partial charge in [0.05, 0.1) is 12.1 Å². The van der Waals surface area contributed by atoms with Crippen LogP contribution in [0.2, 0.25) is 0 Å². The summed E-state index contributed by atoms with van der Waals surface area (Å²) in [5.41, 5.74) is -1.68. The van der Waals surface area contributed by atoms with E-state index in [0.717, 1.165) is 6.08 Å². The molecule has 0 bridgehead atoms. The van der Waals surface area contributed by atoms with Crippen LogP contribution in [0.5, 0.6) is 0 Å². The third-order valence-electron chi connectivity index (χ3n) is 1.27. The number of hydrogen-bond donors (Lipinski definition) is 1. The number of carboxylic acid groups (broad SMARTS) is 1. The average Bonchev–Trinajstić information content (AvgIpc) is 2.27. The van der Waals surface area contributed by atoms with Crippen molar-refractivity contribution >= 4 is 5.97 Å². The fourth-order valence-electron chi connectivity index (χ4n) is 0.295. The number of carboxylic acids is 1. The van der Waals surface area contributed by atoms with Crippen molar-refractivity contribution in [3.63, 3.8) is 0 Å². The van der Waals surface area contributed by atoms with Crippen LogP contribution in [0.15, 0.2) is 22.9 Å². The zero-order chi connectivity index (χ0) is 14.1. The van der Waals surface area contributed by atoms with Gasteiger partial charge in [-0.05, 0) is 27.7 Å². The first-order valence-corrected chi connectivity index (χ1v) is 4.72. The van der Waals surface area contributed by atoms with Gasteiger partial charge in [0.25, 0.3) is 0 Å². The summed E-state index contributed by atoms with van der Waals surface area (Å²) in [6.45, 7) is 9.53. The van der Waals surface area contributed by atoms with Crippen LogP contribution >= 0.6 is 0 Å². The van der Waals surface area contributed by atoms with E-state index in [-0.39, 0.29) is 0 Å². The third kappa shape index (κ3) is 11.7. The average molecular weight is 236 g/mol. The summed E-state index contributed by atoms with van der Waals surface area (Å²) in [7, 11) is 0. The number of rotatable bonds is 3. The van der Waals surface area contributed by atoms with Crippen molar-refractivity contribution in [3.8, 4) is 12.1 Å². The van der Waals surface area contributed by atoms with Gasteiger partial charge in [-0.2, -0.15) is 20.8 Å². The quantitative estimate of drug-likeness (QED) is 0.598. The van der Waals surface area contributed by atoms with Gasteiger partial charge in [-0.1, -0.05) is 6.58 Å². The molecular formula is C11H16N4O2. The molecule has 1 N–H and O–H groups in total. The maximum absolute atomic E-state index is 9.25. The SMILES string of the molecule is C=CC(=O)O.CC(C)(C#N)N=NC(C)(C)C#N. The van der Waals surface area contributed by atoms with E-state index in [2.05, 4.69) is 16.8 Å². The van der Waals surface area contributed by atoms with Crippen molar-refractivity contribution in [2.75, 3.05) is 0 Å². The number of carbonyl (C=O) groups is 1. The molecule has 0 saturated heterocycles. The lowest BCUT2D eigenvalue weighted by molar-refractivity contribution is -0.131. The fourth-order valence-corrected chi connectivity index (χ4v) is 0.295. The topological polar surface area (TPSA) is 110 Å². The molecule has 0 aromatic heterocycles. The van der Waals surface area contributed by atoms with Gasteiger partial charge in [0.15, 0.2) is 11.1 Å². The van der Waals surface area contributed by atoms with Crippen LogP contribution in [-0.4, -0.2) is 22.2 Å². The van der Waals surface area contributed by atoms with Crippen LogP contribution in [-0.2, 0) is 4.79 Å². The van der Waals surface area contributed by atoms with Gasteiger partial charge in [-0.3, -0.25) is 0 Å². The van der Waals surface area contributed by atoms with Gasteiger partial charge < -0.3 is 5.11 Å². The molecule has 0 aliphatic carbocycles. The molecule has 0 saturated carbocycles. The summed E-state index contributed by atoms with van der Waals surface area (Å²) in [5, 5.41) is 32.3. The Morgan fingerprint density at radius 3 is 1.53 bits per heavy atom. The molecule has 0 fully saturated rings. The normalized spacial score (nSPS) is 10.7. The number of nitrogens with zero attached hydrogens (tertiary/aromatic N) is 4. The molecule has 0 rings (SSSR count). The Hall–Kier alpha value is -2.21. The van der Waals surface area contributed by atoms with Crippen molar-refractivity contribution < 1.29 is 9.90 Å². The highest BCUT2D eigenvalue weighted by molar-refractivity contribution is 5.78. The Bertz CT molecular complexity index is 355. The minimum Gasteiger partial charge on any atom is -0.478 e. The Kier molecular flexibility index (Phi) is 7.21. The molecule has 0 aromatic carbocycles. The lowest BCUT2D eigenvalue weighted by Gasteiger charge is -2.11. The maximum Gasteiger partial charge on any atom is 0.327 e. The van der Waals surface area contributed by atoms with Crippen LogP contribution in [0.4, 0.5) is 0 Å². The van der Waals surface area contributed by atoms with E-state index in [0.29, 0.717) is 0 Å². The monoisotopic (exact) mass is 236 g/mol. The molecule has 0 radical (unpaired) electrons. The lowest BCUT2D eigenvalue weighted by atomic mass is 10.1. The Balaban J connectivity index is 0. The molecular weight excluding hydrogens is 220 g/mol. The number of azo groups is 1. The second-order valence-electron chi connectivity index (χ2n) is 4.08. The van der Waals surface area contributed by atoms with Gasteiger partial charge in [0.2, 0.25) is 0 Å². The van der Waals surface area contributed by atoms with Gasteiger partial charge in [0.1, 0.15) is 0 Å². The first-order valence-electron chi connectivity index (χ1n) is 4.72. The molecule has 92 valence electrons. The van der Waals surface area contributed by atoms with Crippen LogP contribution in [0.3, 0.4) is 0 Å². The van der Waals surface area contributed by atoms with Crippen molar-refractivity contribution in [2.24, 2.45) is 10.2 Å². The molecule has 0 heterocycles. The molecule has 6 nitrogen and oxygen atoms in total. The van der Waals surface area contributed by atoms with E-state index < -0.39 is 17.0 Å². The van der Waals surface area contributed by atoms with E-state index in [4.69, 9.17) is 15.6 Å². The summed E-state index contributed by atoms with van der Waals surface area (Å²) in [4.78, 5) is 9.25. The smallest absolute Gasteiger partial charge is 0.327 e. The van der Waals surface area contributed by atoms with Crippen LogP contribution < -0.4 is 0 Å². The van der Waals surface area contributed by atoms with E-state index >= 15 is 0 Å². The number of nitriles is 2. The zero-order valence-corrected chi connectivity index (χ0v) is 10.4. The predicted octanol–water partition coefficient (Wildman–Crippen LogP) is 2.30. The van der Waals surface area contributed by atoms with Gasteiger partial charge in [0, 0.05) is 6.08 Å². The minimum atomic E-state index is -0.981. The highest BCUT2D eigenvalue weighted by atomic mass is 16.4. The Labute approximate surface area is 101 Å². The van der Waals surface area contributed by atoms with E-state index in [1.807, 2.05) is 12.1 Å². The van der Waals surface area contributed by atoms with E-state index in [1.54, 1.807) is 27.7 Å². The van der Waals surface area contributed by atoms with E-state index in [1.165, 1.54) is 0 Å². The Morgan fingerprint density at radius 2 is 1.41 bits per heavy atom. The summed E-state index contributed by atoms with van der Waals surface area (Å²) in [6, 6.07) is 3.94. The summed E-state index contributed by atoms with van der Waals surface area (Å²) >= 11 is 0. The minimum absolute atomic E-state index is 0.833. The van der Waals surface area contributed by atoms with Crippen LogP contribution in [0, 0.1) is 22.7 Å². The second kappa shape index (κ2) is 7.13. The fraction of sp³-hybridized carbons (Fsp3) is 0.545. The zero-order valence-electron chi connectivity index (χ0n) is 10.4. The third-order valence-corrected chi connectivity index (χ3v) is 1.27. The molecule has 0 amide bonds. The molecule has 0 atom stereocenters. The summed E-state index contributed by atoms with van der Waals surface area (Å²) in [5.74, 6) is -0.981. The van der Waals surface area contributed by atoms with Gasteiger partial charge in [-0.15, -0.1) is 0 Å². The predicted molar refractivity (Wildman–Crippen MR) is 62.1 cm³/mol. The summed E-state index contributed by atoms with van der Waals surface area (Å²) in [6.07, 6.45) is 0.833. The molecule has 6 heteroatoms. The van der Waals surface area contributed by atoms with Crippen LogP contribution in [0.25, 0.3) is 0 Å². The molecule has 17 heavy (non-hydrogen) atoms. The Morgan fingerprint density at radius 1 is 1.18 bits per heavy atom. The van der Waals surface area contributed by atoms with Gasteiger partial charge >= 0.3 is 5.97 Å². The van der Waals surface area contributed by atoms with Crippen molar-refractivity contribution in [3.05, 3.63) is 12.7 Å². The number of hydrogen-bond acceptors (Lipinski definition) is 5. The van der Waals surface area contributed by atoms with E-state index in [9.17, 15) is 4.79 Å². The van der Waals surface area contributed by atoms with Crippen molar-refractivity contribution in [2.45, 2.75) is 38.8 Å².